The number of carbonyl (C=O) groups is 2. The van der Waals surface area contributed by atoms with Gasteiger partial charge in [-0.1, -0.05) is 44.2 Å². The highest BCUT2D eigenvalue weighted by molar-refractivity contribution is 6.06. The third kappa shape index (κ3) is 9.36. The smallest absolute Gasteiger partial charge is 0.316 e. The number of aliphatic hydroxyl groups excluding tert-OH is 2. The molecule has 0 radical (unpaired) electrons. The van der Waals surface area contributed by atoms with Gasteiger partial charge in [-0.05, 0) is 75.4 Å². The van der Waals surface area contributed by atoms with Crippen LogP contribution in [0.5, 0.6) is 6.01 Å². The minimum absolute atomic E-state index is 0.0388. The molecule has 2 unspecified atom stereocenters. The molecule has 47 heavy (non-hydrogen) atoms. The summed E-state index contributed by atoms with van der Waals surface area (Å²) < 4.78 is 24.8. The van der Waals surface area contributed by atoms with E-state index in [4.69, 9.17) is 9.47 Å². The standard InChI is InChI=1S/C36H45FN4O6/c1-22(2)32-31(34(45)39-25-10-8-7-9-11-25)30(28-16-18-38-35(40-28)46-6)33(23-12-14-24(37)15-13-23)41(32)19-17-26(42)20-27(43)21-29(44)47-36(3,4)5/h7-16,18,22,26-27,30,33,42-43H,17,19-21H2,1-6H3,(H,39,45)/t26-,27-,30?,33?/m1/s1. The van der Waals surface area contributed by atoms with Crippen LogP contribution in [0.4, 0.5) is 10.1 Å². The first kappa shape index (κ1) is 35.5. The number of esters is 1. The summed E-state index contributed by atoms with van der Waals surface area (Å²) in [6, 6.07) is 16.6. The zero-order valence-corrected chi connectivity index (χ0v) is 27.8. The predicted octanol–water partition coefficient (Wildman–Crippen LogP) is 5.55. The molecular formula is C36H45FN4O6. The average molecular weight is 649 g/mol. The maximum absolute atomic E-state index is 14.3. The van der Waals surface area contributed by atoms with Gasteiger partial charge >= 0.3 is 12.0 Å². The molecule has 3 aromatic rings. The summed E-state index contributed by atoms with van der Waals surface area (Å²) >= 11 is 0. The summed E-state index contributed by atoms with van der Waals surface area (Å²) in [5.74, 6) is -2.01. The molecule has 1 aliphatic rings. The van der Waals surface area contributed by atoms with E-state index in [1.165, 1.54) is 19.2 Å². The van der Waals surface area contributed by atoms with Crippen molar-refractivity contribution >= 4 is 17.6 Å². The summed E-state index contributed by atoms with van der Waals surface area (Å²) in [5, 5.41) is 24.7. The molecule has 4 rings (SSSR count). The number of anilines is 1. The van der Waals surface area contributed by atoms with E-state index in [-0.39, 0.29) is 43.6 Å². The van der Waals surface area contributed by atoms with Crippen molar-refractivity contribution < 1.29 is 33.7 Å². The van der Waals surface area contributed by atoms with E-state index >= 15 is 0 Å². The molecule has 2 heterocycles. The second-order valence-electron chi connectivity index (χ2n) is 13.0. The first-order valence-electron chi connectivity index (χ1n) is 15.8. The fraction of sp³-hybridized carbons (Fsp3) is 0.444. The molecule has 10 nitrogen and oxygen atoms in total. The number of hydrogen-bond acceptors (Lipinski definition) is 9. The molecule has 0 aliphatic carbocycles. The number of ether oxygens (including phenoxy) is 2. The van der Waals surface area contributed by atoms with E-state index in [9.17, 15) is 24.2 Å². The Hall–Kier alpha value is -4.35. The van der Waals surface area contributed by atoms with Crippen molar-refractivity contribution in [3.63, 3.8) is 0 Å². The average Bonchev–Trinajstić information content (AvgIpc) is 3.35. The molecule has 0 saturated heterocycles. The van der Waals surface area contributed by atoms with Crippen LogP contribution in [-0.4, -0.2) is 68.4 Å². The van der Waals surface area contributed by atoms with Gasteiger partial charge in [0.05, 0.1) is 43.4 Å². The lowest BCUT2D eigenvalue weighted by atomic mass is 9.85. The third-order valence-corrected chi connectivity index (χ3v) is 7.81. The Morgan fingerprint density at radius 2 is 1.70 bits per heavy atom. The zero-order valence-electron chi connectivity index (χ0n) is 27.8. The lowest BCUT2D eigenvalue weighted by Gasteiger charge is -2.35. The minimum atomic E-state index is -1.10. The van der Waals surface area contributed by atoms with Crippen LogP contribution in [0.2, 0.25) is 0 Å². The van der Waals surface area contributed by atoms with Crippen LogP contribution in [0.3, 0.4) is 0 Å². The van der Waals surface area contributed by atoms with Gasteiger partial charge in [-0.15, -0.1) is 0 Å². The molecule has 0 saturated carbocycles. The number of carbonyl (C=O) groups excluding carboxylic acids is 2. The highest BCUT2D eigenvalue weighted by Crippen LogP contribution is 2.51. The van der Waals surface area contributed by atoms with E-state index in [0.29, 0.717) is 17.0 Å². The summed E-state index contributed by atoms with van der Waals surface area (Å²) in [6.45, 7) is 9.51. The van der Waals surface area contributed by atoms with E-state index < -0.39 is 41.6 Å². The molecular weight excluding hydrogens is 603 g/mol. The lowest BCUT2D eigenvalue weighted by Crippen LogP contribution is -2.32. The Bertz CT molecular complexity index is 1540. The fourth-order valence-electron chi connectivity index (χ4n) is 6.03. The van der Waals surface area contributed by atoms with Crippen molar-refractivity contribution in [3.05, 3.63) is 95.2 Å². The number of para-hydroxylation sites is 1. The molecule has 0 spiro atoms. The highest BCUT2D eigenvalue weighted by Gasteiger charge is 2.46. The Labute approximate surface area is 275 Å². The third-order valence-electron chi connectivity index (χ3n) is 7.81. The van der Waals surface area contributed by atoms with Crippen molar-refractivity contribution in [1.29, 1.82) is 0 Å². The molecule has 0 fully saturated rings. The largest absolute Gasteiger partial charge is 0.467 e. The minimum Gasteiger partial charge on any atom is -0.467 e. The quantitative estimate of drug-likeness (QED) is 0.204. The number of benzene rings is 2. The molecule has 1 aliphatic heterocycles. The number of aromatic nitrogens is 2. The van der Waals surface area contributed by atoms with E-state index in [1.807, 2.05) is 32.0 Å². The van der Waals surface area contributed by atoms with Gasteiger partial charge in [0.15, 0.2) is 0 Å². The number of nitrogens with zero attached hydrogens (tertiary/aromatic N) is 3. The number of hydrogen-bond donors (Lipinski definition) is 3. The Balaban J connectivity index is 1.73. The number of aliphatic hydroxyl groups is 2. The zero-order chi connectivity index (χ0) is 34.3. The van der Waals surface area contributed by atoms with Crippen molar-refractivity contribution in [2.75, 3.05) is 19.0 Å². The fourth-order valence-corrected chi connectivity index (χ4v) is 6.03. The number of halogens is 1. The lowest BCUT2D eigenvalue weighted by molar-refractivity contribution is -0.157. The molecule has 1 amide bonds. The first-order valence-corrected chi connectivity index (χ1v) is 15.8. The number of methoxy groups -OCH3 is 1. The molecule has 252 valence electrons. The van der Waals surface area contributed by atoms with Crippen molar-refractivity contribution in [2.45, 2.75) is 83.6 Å². The Morgan fingerprint density at radius 1 is 1.02 bits per heavy atom. The van der Waals surface area contributed by atoms with Crippen LogP contribution in [0, 0.1) is 11.7 Å². The van der Waals surface area contributed by atoms with Crippen molar-refractivity contribution in [2.24, 2.45) is 5.92 Å². The number of allylic oxidation sites excluding steroid dienone is 1. The van der Waals surface area contributed by atoms with Gasteiger partial charge in [-0.3, -0.25) is 9.59 Å². The van der Waals surface area contributed by atoms with Crippen LogP contribution in [-0.2, 0) is 14.3 Å². The second-order valence-corrected chi connectivity index (χ2v) is 13.0. The number of nitrogens with one attached hydrogen (secondary N) is 1. The van der Waals surface area contributed by atoms with E-state index in [1.54, 1.807) is 57.3 Å². The molecule has 2 aromatic carbocycles. The van der Waals surface area contributed by atoms with Gasteiger partial charge in [-0.25, -0.2) is 9.37 Å². The first-order chi connectivity index (χ1) is 22.3. The van der Waals surface area contributed by atoms with Gasteiger partial charge < -0.3 is 29.9 Å². The molecule has 1 aromatic heterocycles. The van der Waals surface area contributed by atoms with Crippen molar-refractivity contribution in [1.82, 2.24) is 14.9 Å². The Kier molecular flexibility index (Phi) is 11.7. The van der Waals surface area contributed by atoms with Gasteiger partial charge in [-0.2, -0.15) is 4.98 Å². The summed E-state index contributed by atoms with van der Waals surface area (Å²) in [5.41, 5.74) is 2.45. The summed E-state index contributed by atoms with van der Waals surface area (Å²) in [4.78, 5) is 37.4. The molecule has 4 atom stereocenters. The van der Waals surface area contributed by atoms with E-state index in [0.717, 1.165) is 11.3 Å². The topological polar surface area (TPSA) is 134 Å². The van der Waals surface area contributed by atoms with Gasteiger partial charge in [0.1, 0.15) is 11.4 Å². The highest BCUT2D eigenvalue weighted by atomic mass is 19.1. The maximum atomic E-state index is 14.3. The van der Waals surface area contributed by atoms with Crippen LogP contribution in [0.15, 0.2) is 78.1 Å². The van der Waals surface area contributed by atoms with E-state index in [2.05, 4.69) is 20.2 Å². The second kappa shape index (κ2) is 15.5. The van der Waals surface area contributed by atoms with Gasteiger partial charge in [0.25, 0.3) is 5.91 Å². The molecule has 0 bridgehead atoms. The maximum Gasteiger partial charge on any atom is 0.316 e. The number of amides is 1. The summed E-state index contributed by atoms with van der Waals surface area (Å²) in [7, 11) is 1.47. The van der Waals surface area contributed by atoms with Crippen LogP contribution in [0.25, 0.3) is 0 Å². The molecule has 11 heteroatoms. The normalized spacial score (nSPS) is 17.9. The molecule has 3 N–H and O–H groups in total. The number of rotatable bonds is 13. The van der Waals surface area contributed by atoms with Crippen LogP contribution >= 0.6 is 0 Å². The van der Waals surface area contributed by atoms with Gasteiger partial charge in [0, 0.05) is 29.7 Å². The van der Waals surface area contributed by atoms with Gasteiger partial charge in [0.2, 0.25) is 0 Å². The monoisotopic (exact) mass is 648 g/mol. The van der Waals surface area contributed by atoms with Crippen LogP contribution < -0.4 is 10.1 Å². The predicted molar refractivity (Wildman–Crippen MR) is 176 cm³/mol. The Morgan fingerprint density at radius 3 is 2.32 bits per heavy atom. The van der Waals surface area contributed by atoms with Crippen LogP contribution in [0.1, 0.15) is 77.1 Å². The SMILES string of the molecule is COc1nccc(C2C(C(=O)Nc3ccccc3)=C(C(C)C)N(CC[C@@H](O)C[C@@H](O)CC(=O)OC(C)(C)C)C2c2ccc(F)cc2)n1. The summed E-state index contributed by atoms with van der Waals surface area (Å²) in [6.07, 6.45) is -0.553. The van der Waals surface area contributed by atoms with Crippen molar-refractivity contribution in [3.8, 4) is 6.01 Å².